The van der Waals surface area contributed by atoms with Crippen LogP contribution in [0.2, 0.25) is 0 Å². The summed E-state index contributed by atoms with van der Waals surface area (Å²) in [5.74, 6) is 1.61. The highest BCUT2D eigenvalue weighted by molar-refractivity contribution is 5.48. The first-order valence-corrected chi connectivity index (χ1v) is 5.30. The van der Waals surface area contributed by atoms with Crippen LogP contribution in [0.1, 0.15) is 0 Å². The van der Waals surface area contributed by atoms with Crippen molar-refractivity contribution >= 4 is 11.8 Å². The minimum atomic E-state index is 0.395. The maximum atomic E-state index is 5.75. The lowest BCUT2D eigenvalue weighted by atomic mass is 10.3. The van der Waals surface area contributed by atoms with Crippen LogP contribution in [0.5, 0.6) is 5.75 Å². The maximum Gasteiger partial charge on any atom is 0.227 e. The van der Waals surface area contributed by atoms with Crippen molar-refractivity contribution in [2.45, 2.75) is 0 Å². The second-order valence-electron chi connectivity index (χ2n) is 3.91. The summed E-state index contributed by atoms with van der Waals surface area (Å²) in [4.78, 5) is 12.9. The van der Waals surface area contributed by atoms with Gasteiger partial charge < -0.3 is 20.3 Å². The smallest absolute Gasteiger partial charge is 0.227 e. The molecule has 0 bridgehead atoms. The summed E-state index contributed by atoms with van der Waals surface area (Å²) < 4.78 is 5.03. The molecule has 16 heavy (non-hydrogen) atoms. The van der Waals surface area contributed by atoms with Crippen LogP contribution in [-0.4, -0.2) is 55.2 Å². The average molecular weight is 223 g/mol. The van der Waals surface area contributed by atoms with Crippen molar-refractivity contribution in [2.75, 3.05) is 51.0 Å². The summed E-state index contributed by atoms with van der Waals surface area (Å²) in [6.07, 6.45) is 1.62. The first-order valence-electron chi connectivity index (χ1n) is 5.30. The highest BCUT2D eigenvalue weighted by atomic mass is 16.5. The van der Waals surface area contributed by atoms with Crippen LogP contribution in [-0.2, 0) is 0 Å². The molecule has 0 spiro atoms. The van der Waals surface area contributed by atoms with Gasteiger partial charge in [-0.3, -0.25) is 0 Å². The van der Waals surface area contributed by atoms with Gasteiger partial charge in [0.05, 0.1) is 13.3 Å². The minimum Gasteiger partial charge on any atom is -0.491 e. The van der Waals surface area contributed by atoms with Crippen molar-refractivity contribution in [3.8, 4) is 5.75 Å². The molecule has 1 aliphatic heterocycles. The number of anilines is 2. The number of ether oxygens (including phenoxy) is 1. The molecular formula is C10H17N5O. The Hall–Kier alpha value is -1.56. The average Bonchev–Trinajstić information content (AvgIpc) is 2.30. The number of likely N-dealkylation sites (N-methyl/N-ethyl adjacent to an activating group) is 1. The number of rotatable bonds is 2. The molecular weight excluding hydrogens is 206 g/mol. The molecule has 1 aliphatic rings. The van der Waals surface area contributed by atoms with Crippen LogP contribution in [0.3, 0.4) is 0 Å². The summed E-state index contributed by atoms with van der Waals surface area (Å²) >= 11 is 0. The largest absolute Gasteiger partial charge is 0.491 e. The van der Waals surface area contributed by atoms with Crippen LogP contribution in [0.25, 0.3) is 0 Å². The van der Waals surface area contributed by atoms with E-state index in [0.717, 1.165) is 26.2 Å². The van der Waals surface area contributed by atoms with Gasteiger partial charge in [-0.15, -0.1) is 0 Å². The van der Waals surface area contributed by atoms with Crippen LogP contribution >= 0.6 is 0 Å². The molecule has 0 unspecified atom stereocenters. The molecule has 1 aromatic rings. The van der Waals surface area contributed by atoms with Crippen molar-refractivity contribution in [3.63, 3.8) is 0 Å². The van der Waals surface area contributed by atoms with Crippen molar-refractivity contribution in [1.82, 2.24) is 14.9 Å². The Labute approximate surface area is 95.0 Å². The van der Waals surface area contributed by atoms with Gasteiger partial charge in [0, 0.05) is 26.2 Å². The third-order valence-electron chi connectivity index (χ3n) is 2.78. The maximum absolute atomic E-state index is 5.75. The van der Waals surface area contributed by atoms with Gasteiger partial charge in [0.1, 0.15) is 0 Å². The molecule has 2 N–H and O–H groups in total. The van der Waals surface area contributed by atoms with Crippen molar-refractivity contribution in [3.05, 3.63) is 6.20 Å². The summed E-state index contributed by atoms with van der Waals surface area (Å²) in [6, 6.07) is 0. The Morgan fingerprint density at radius 3 is 2.56 bits per heavy atom. The highest BCUT2D eigenvalue weighted by Gasteiger charge is 2.17. The van der Waals surface area contributed by atoms with E-state index >= 15 is 0 Å². The molecule has 0 amide bonds. The van der Waals surface area contributed by atoms with E-state index in [2.05, 4.69) is 26.8 Å². The molecule has 6 heteroatoms. The summed E-state index contributed by atoms with van der Waals surface area (Å²) in [5.41, 5.74) is 5.75. The molecule has 2 rings (SSSR count). The molecule has 88 valence electrons. The lowest BCUT2D eigenvalue weighted by molar-refractivity contribution is 0.311. The fourth-order valence-corrected chi connectivity index (χ4v) is 1.69. The molecule has 1 fully saturated rings. The van der Waals surface area contributed by atoms with E-state index in [0.29, 0.717) is 17.5 Å². The van der Waals surface area contributed by atoms with Gasteiger partial charge in [-0.25, -0.2) is 4.98 Å². The number of aromatic nitrogens is 2. The standard InChI is InChI=1S/C10H17N5O/c1-14-3-5-15(6-4-14)10-12-7-8(16-2)9(11)13-10/h7H,3-6H2,1-2H3,(H2,11,12,13). The van der Waals surface area contributed by atoms with Crippen LogP contribution in [0.4, 0.5) is 11.8 Å². The van der Waals surface area contributed by atoms with Crippen molar-refractivity contribution < 1.29 is 4.74 Å². The zero-order valence-electron chi connectivity index (χ0n) is 9.68. The number of methoxy groups -OCH3 is 1. The Kier molecular flexibility index (Phi) is 3.09. The van der Waals surface area contributed by atoms with Gasteiger partial charge >= 0.3 is 0 Å². The van der Waals surface area contributed by atoms with E-state index in [1.54, 1.807) is 13.3 Å². The Bertz CT molecular complexity index is 362. The number of hydrogen-bond acceptors (Lipinski definition) is 6. The zero-order valence-corrected chi connectivity index (χ0v) is 9.68. The van der Waals surface area contributed by atoms with Gasteiger partial charge in [0.15, 0.2) is 11.6 Å². The lowest BCUT2D eigenvalue weighted by Crippen LogP contribution is -2.45. The van der Waals surface area contributed by atoms with E-state index in [9.17, 15) is 0 Å². The first kappa shape index (κ1) is 10.9. The summed E-state index contributed by atoms with van der Waals surface area (Å²) in [5, 5.41) is 0. The summed E-state index contributed by atoms with van der Waals surface area (Å²) in [7, 11) is 3.67. The number of piperazine rings is 1. The van der Waals surface area contributed by atoms with E-state index in [1.165, 1.54) is 0 Å². The first-order chi connectivity index (χ1) is 7.70. The van der Waals surface area contributed by atoms with E-state index in [4.69, 9.17) is 10.5 Å². The monoisotopic (exact) mass is 223 g/mol. The second kappa shape index (κ2) is 4.52. The fourth-order valence-electron chi connectivity index (χ4n) is 1.69. The SMILES string of the molecule is COc1cnc(N2CCN(C)CC2)nc1N. The van der Waals surface area contributed by atoms with Crippen molar-refractivity contribution in [2.24, 2.45) is 0 Å². The third kappa shape index (κ3) is 2.16. The van der Waals surface area contributed by atoms with Crippen LogP contribution < -0.4 is 15.4 Å². The highest BCUT2D eigenvalue weighted by Crippen LogP contribution is 2.20. The number of nitrogens with two attached hydrogens (primary N) is 1. The molecule has 0 aliphatic carbocycles. The molecule has 0 atom stereocenters. The van der Waals surface area contributed by atoms with E-state index in [1.807, 2.05) is 0 Å². The van der Waals surface area contributed by atoms with Gasteiger partial charge in [0.25, 0.3) is 0 Å². The molecule has 1 saturated heterocycles. The third-order valence-corrected chi connectivity index (χ3v) is 2.78. The topological polar surface area (TPSA) is 67.5 Å². The predicted molar refractivity (Wildman–Crippen MR) is 62.7 cm³/mol. The lowest BCUT2D eigenvalue weighted by Gasteiger charge is -2.32. The predicted octanol–water partition coefficient (Wildman–Crippen LogP) is -0.181. The molecule has 6 nitrogen and oxygen atoms in total. The van der Waals surface area contributed by atoms with Gasteiger partial charge in [-0.2, -0.15) is 4.98 Å². The Morgan fingerprint density at radius 2 is 2.00 bits per heavy atom. The normalized spacial score (nSPS) is 17.5. The zero-order chi connectivity index (χ0) is 11.5. The minimum absolute atomic E-state index is 0.395. The van der Waals surface area contributed by atoms with E-state index in [-0.39, 0.29) is 0 Å². The number of nitrogens with zero attached hydrogens (tertiary/aromatic N) is 4. The van der Waals surface area contributed by atoms with Gasteiger partial charge in [0.2, 0.25) is 5.95 Å². The van der Waals surface area contributed by atoms with Gasteiger partial charge in [-0.1, -0.05) is 0 Å². The molecule has 0 aromatic carbocycles. The molecule has 1 aromatic heterocycles. The van der Waals surface area contributed by atoms with E-state index < -0.39 is 0 Å². The van der Waals surface area contributed by atoms with Gasteiger partial charge in [-0.05, 0) is 7.05 Å². The number of nitrogen functional groups attached to an aromatic ring is 1. The molecule has 0 radical (unpaired) electrons. The molecule has 0 saturated carbocycles. The van der Waals surface area contributed by atoms with Crippen LogP contribution in [0, 0.1) is 0 Å². The second-order valence-corrected chi connectivity index (χ2v) is 3.91. The Morgan fingerprint density at radius 1 is 1.31 bits per heavy atom. The summed E-state index contributed by atoms with van der Waals surface area (Å²) in [6.45, 7) is 3.91. The van der Waals surface area contributed by atoms with Crippen molar-refractivity contribution in [1.29, 1.82) is 0 Å². The van der Waals surface area contributed by atoms with Crippen LogP contribution in [0.15, 0.2) is 6.20 Å². The number of hydrogen-bond donors (Lipinski definition) is 1. The molecule has 2 heterocycles. The quantitative estimate of drug-likeness (QED) is 0.750. The fraction of sp³-hybridized carbons (Fsp3) is 0.600. The Balaban J connectivity index is 2.12.